The number of hydrogen-bond acceptors (Lipinski definition) is 5. The second-order valence-corrected chi connectivity index (χ2v) is 5.40. The standard InChI is InChI=1S/C14H13BrClN3O2/c1-2-21-14(20)10-5-8(17)7-18-13(10)19-9-3-4-12(16)11(15)6-9/h3-7H,2,17H2,1H3,(H,18,19). The molecule has 21 heavy (non-hydrogen) atoms. The van der Waals surface area contributed by atoms with Crippen LogP contribution in [-0.4, -0.2) is 17.6 Å². The highest BCUT2D eigenvalue weighted by atomic mass is 79.9. The Kier molecular flexibility index (Phi) is 5.03. The van der Waals surface area contributed by atoms with E-state index in [4.69, 9.17) is 22.1 Å². The van der Waals surface area contributed by atoms with Gasteiger partial charge in [0, 0.05) is 10.2 Å². The van der Waals surface area contributed by atoms with E-state index in [9.17, 15) is 4.79 Å². The minimum absolute atomic E-state index is 0.277. The van der Waals surface area contributed by atoms with Crippen molar-refractivity contribution in [2.45, 2.75) is 6.92 Å². The van der Waals surface area contributed by atoms with E-state index in [1.165, 1.54) is 12.3 Å². The van der Waals surface area contributed by atoms with Crippen LogP contribution in [0.4, 0.5) is 17.2 Å². The Morgan fingerprint density at radius 2 is 2.24 bits per heavy atom. The molecule has 0 aliphatic carbocycles. The zero-order valence-corrected chi connectivity index (χ0v) is 13.5. The number of esters is 1. The van der Waals surface area contributed by atoms with Gasteiger partial charge in [0.25, 0.3) is 0 Å². The summed E-state index contributed by atoms with van der Waals surface area (Å²) in [6.45, 7) is 2.01. The number of aromatic nitrogens is 1. The summed E-state index contributed by atoms with van der Waals surface area (Å²) in [6, 6.07) is 6.82. The van der Waals surface area contributed by atoms with E-state index in [1.807, 2.05) is 0 Å². The molecule has 110 valence electrons. The number of hydrogen-bond donors (Lipinski definition) is 2. The summed E-state index contributed by atoms with van der Waals surface area (Å²) in [6.07, 6.45) is 1.47. The van der Waals surface area contributed by atoms with Crippen LogP contribution in [0, 0.1) is 0 Å². The van der Waals surface area contributed by atoms with Crippen LogP contribution in [0.15, 0.2) is 34.9 Å². The second kappa shape index (κ2) is 6.78. The molecule has 0 fully saturated rings. The van der Waals surface area contributed by atoms with Crippen LogP contribution in [0.3, 0.4) is 0 Å². The van der Waals surface area contributed by atoms with Gasteiger partial charge in [0.15, 0.2) is 0 Å². The highest BCUT2D eigenvalue weighted by Gasteiger charge is 2.15. The number of nitrogen functional groups attached to an aromatic ring is 1. The Morgan fingerprint density at radius 3 is 2.90 bits per heavy atom. The van der Waals surface area contributed by atoms with E-state index in [1.54, 1.807) is 25.1 Å². The number of rotatable bonds is 4. The van der Waals surface area contributed by atoms with Gasteiger partial charge in [0.2, 0.25) is 0 Å². The smallest absolute Gasteiger partial charge is 0.341 e. The molecule has 2 aromatic rings. The van der Waals surface area contributed by atoms with Crippen molar-refractivity contribution in [2.24, 2.45) is 0 Å². The quantitative estimate of drug-likeness (QED) is 0.795. The molecule has 0 radical (unpaired) electrons. The molecule has 0 aliphatic heterocycles. The van der Waals surface area contributed by atoms with Crippen LogP contribution in [0.1, 0.15) is 17.3 Å². The van der Waals surface area contributed by atoms with Crippen LogP contribution in [-0.2, 0) is 4.74 Å². The van der Waals surface area contributed by atoms with E-state index in [-0.39, 0.29) is 12.2 Å². The minimum Gasteiger partial charge on any atom is -0.462 e. The fourth-order valence-electron chi connectivity index (χ4n) is 1.66. The lowest BCUT2D eigenvalue weighted by molar-refractivity contribution is 0.0527. The molecule has 3 N–H and O–H groups in total. The van der Waals surface area contributed by atoms with Gasteiger partial charge in [-0.3, -0.25) is 0 Å². The summed E-state index contributed by atoms with van der Waals surface area (Å²) < 4.78 is 5.74. The van der Waals surface area contributed by atoms with E-state index in [2.05, 4.69) is 26.2 Å². The molecule has 5 nitrogen and oxygen atoms in total. The number of nitrogens with two attached hydrogens (primary N) is 1. The van der Waals surface area contributed by atoms with Crippen molar-refractivity contribution in [3.8, 4) is 0 Å². The number of anilines is 3. The molecule has 1 aromatic carbocycles. The number of carbonyl (C=O) groups excluding carboxylic acids is 1. The lowest BCUT2D eigenvalue weighted by Gasteiger charge is -2.11. The Labute approximate surface area is 135 Å². The molecule has 0 spiro atoms. The summed E-state index contributed by atoms with van der Waals surface area (Å²) in [5.41, 5.74) is 7.08. The summed E-state index contributed by atoms with van der Waals surface area (Å²) in [7, 11) is 0. The summed E-state index contributed by atoms with van der Waals surface area (Å²) in [5.74, 6) is -0.107. The van der Waals surface area contributed by atoms with Crippen molar-refractivity contribution in [3.05, 3.63) is 45.5 Å². The number of ether oxygens (including phenoxy) is 1. The van der Waals surface area contributed by atoms with Gasteiger partial charge < -0.3 is 15.8 Å². The molecule has 2 rings (SSSR count). The van der Waals surface area contributed by atoms with Crippen molar-refractivity contribution in [3.63, 3.8) is 0 Å². The molecule has 0 saturated carbocycles. The maximum absolute atomic E-state index is 11.9. The Bertz CT molecular complexity index is 679. The van der Waals surface area contributed by atoms with Crippen molar-refractivity contribution >= 4 is 50.7 Å². The van der Waals surface area contributed by atoms with Gasteiger partial charge in [-0.25, -0.2) is 9.78 Å². The summed E-state index contributed by atoms with van der Waals surface area (Å²) in [5, 5.41) is 3.64. The highest BCUT2D eigenvalue weighted by molar-refractivity contribution is 9.10. The molecule has 0 bridgehead atoms. The number of nitrogens with one attached hydrogen (secondary N) is 1. The topological polar surface area (TPSA) is 77.2 Å². The van der Waals surface area contributed by atoms with Crippen LogP contribution in [0.2, 0.25) is 5.02 Å². The molecule has 0 aliphatic rings. The first-order chi connectivity index (χ1) is 10.0. The van der Waals surface area contributed by atoms with E-state index in [0.29, 0.717) is 16.5 Å². The van der Waals surface area contributed by atoms with Gasteiger partial charge >= 0.3 is 5.97 Å². The van der Waals surface area contributed by atoms with Gasteiger partial charge in [0.05, 0.1) is 23.5 Å². The largest absolute Gasteiger partial charge is 0.462 e. The maximum Gasteiger partial charge on any atom is 0.341 e. The van der Waals surface area contributed by atoms with Crippen molar-refractivity contribution in [1.82, 2.24) is 4.98 Å². The highest BCUT2D eigenvalue weighted by Crippen LogP contribution is 2.28. The molecule has 0 amide bonds. The average molecular weight is 371 g/mol. The van der Waals surface area contributed by atoms with Crippen molar-refractivity contribution in [2.75, 3.05) is 17.7 Å². The average Bonchev–Trinajstić information content (AvgIpc) is 2.45. The first kappa shape index (κ1) is 15.6. The number of nitrogens with zero attached hydrogens (tertiary/aromatic N) is 1. The Morgan fingerprint density at radius 1 is 1.48 bits per heavy atom. The molecule has 1 aromatic heterocycles. The molecule has 0 unspecified atom stereocenters. The minimum atomic E-state index is -0.479. The fourth-order valence-corrected chi connectivity index (χ4v) is 2.15. The van der Waals surface area contributed by atoms with Gasteiger partial charge in [-0.1, -0.05) is 11.6 Å². The van der Waals surface area contributed by atoms with Crippen LogP contribution >= 0.6 is 27.5 Å². The van der Waals surface area contributed by atoms with Gasteiger partial charge in [0.1, 0.15) is 11.4 Å². The Hall–Kier alpha value is -1.79. The predicted octanol–water partition coefficient (Wildman–Crippen LogP) is 4.00. The zero-order valence-electron chi connectivity index (χ0n) is 11.2. The lowest BCUT2D eigenvalue weighted by Crippen LogP contribution is -2.10. The molecular formula is C14H13BrClN3O2. The predicted molar refractivity (Wildman–Crippen MR) is 87.0 cm³/mol. The zero-order chi connectivity index (χ0) is 15.4. The lowest BCUT2D eigenvalue weighted by atomic mass is 10.2. The second-order valence-electron chi connectivity index (χ2n) is 4.14. The van der Waals surface area contributed by atoms with Gasteiger partial charge in [-0.05, 0) is 47.1 Å². The maximum atomic E-state index is 11.9. The summed E-state index contributed by atoms with van der Waals surface area (Å²) in [4.78, 5) is 16.1. The first-order valence-electron chi connectivity index (χ1n) is 6.16. The molecule has 7 heteroatoms. The molecular weight excluding hydrogens is 358 g/mol. The van der Waals surface area contributed by atoms with E-state index >= 15 is 0 Å². The van der Waals surface area contributed by atoms with E-state index in [0.717, 1.165) is 10.2 Å². The Balaban J connectivity index is 2.34. The number of carbonyl (C=O) groups is 1. The normalized spacial score (nSPS) is 10.2. The first-order valence-corrected chi connectivity index (χ1v) is 7.33. The number of pyridine rings is 1. The van der Waals surface area contributed by atoms with Crippen LogP contribution in [0.5, 0.6) is 0 Å². The third kappa shape index (κ3) is 3.86. The van der Waals surface area contributed by atoms with Crippen LogP contribution < -0.4 is 11.1 Å². The van der Waals surface area contributed by atoms with Crippen LogP contribution in [0.25, 0.3) is 0 Å². The number of benzene rings is 1. The summed E-state index contributed by atoms with van der Waals surface area (Å²) >= 11 is 9.29. The SMILES string of the molecule is CCOC(=O)c1cc(N)cnc1Nc1ccc(Cl)c(Br)c1. The fraction of sp³-hybridized carbons (Fsp3) is 0.143. The molecule has 0 saturated heterocycles. The van der Waals surface area contributed by atoms with Crippen molar-refractivity contribution in [1.29, 1.82) is 0 Å². The third-order valence-electron chi connectivity index (χ3n) is 2.59. The van der Waals surface area contributed by atoms with Gasteiger partial charge in [-0.15, -0.1) is 0 Å². The monoisotopic (exact) mass is 369 g/mol. The molecule has 1 heterocycles. The van der Waals surface area contributed by atoms with Crippen molar-refractivity contribution < 1.29 is 9.53 Å². The molecule has 0 atom stereocenters. The third-order valence-corrected chi connectivity index (χ3v) is 3.80. The van der Waals surface area contributed by atoms with Gasteiger partial charge in [-0.2, -0.15) is 0 Å². The van der Waals surface area contributed by atoms with E-state index < -0.39 is 5.97 Å². The number of halogens is 2.